The monoisotopic (exact) mass is 468 g/mol. The first kappa shape index (κ1) is 21.8. The largest absolute Gasteiger partial charge is 0.354 e. The summed E-state index contributed by atoms with van der Waals surface area (Å²) in [5.74, 6) is -0.466. The van der Waals surface area contributed by atoms with Crippen LogP contribution in [-0.2, 0) is 11.2 Å². The molecule has 1 heterocycles. The normalized spacial score (nSPS) is 11.9. The van der Waals surface area contributed by atoms with Gasteiger partial charge in [0.1, 0.15) is 6.04 Å². The molecule has 3 aromatic rings. The van der Waals surface area contributed by atoms with Crippen molar-refractivity contribution >= 4 is 27.7 Å². The van der Waals surface area contributed by atoms with E-state index in [1.165, 1.54) is 0 Å². The second-order valence-electron chi connectivity index (χ2n) is 7.36. The minimum absolute atomic E-state index is 0.0299. The summed E-state index contributed by atoms with van der Waals surface area (Å²) in [4.78, 5) is 25.1. The van der Waals surface area contributed by atoms with E-state index in [4.69, 9.17) is 0 Å². The fourth-order valence-corrected chi connectivity index (χ4v) is 3.30. The number of carbonyl (C=O) groups is 2. The highest BCUT2D eigenvalue weighted by atomic mass is 79.9. The highest BCUT2D eigenvalue weighted by molar-refractivity contribution is 9.10. The third-order valence-corrected chi connectivity index (χ3v) is 5.29. The molecular weight excluding hydrogens is 444 g/mol. The predicted octanol–water partition coefficient (Wildman–Crippen LogP) is 3.75. The Morgan fingerprint density at radius 1 is 1.07 bits per heavy atom. The maximum absolute atomic E-state index is 12.7. The fourth-order valence-electron chi connectivity index (χ4n) is 3.04. The van der Waals surface area contributed by atoms with Crippen LogP contribution in [-0.4, -0.2) is 34.2 Å². The van der Waals surface area contributed by atoms with Crippen molar-refractivity contribution in [3.8, 4) is 5.69 Å². The second-order valence-corrected chi connectivity index (χ2v) is 8.28. The van der Waals surface area contributed by atoms with Gasteiger partial charge in [0.2, 0.25) is 5.91 Å². The summed E-state index contributed by atoms with van der Waals surface area (Å²) in [7, 11) is 0. The zero-order chi connectivity index (χ0) is 21.5. The first-order valence-corrected chi connectivity index (χ1v) is 10.7. The van der Waals surface area contributed by atoms with Crippen LogP contribution in [0.5, 0.6) is 0 Å². The Labute approximate surface area is 184 Å². The van der Waals surface area contributed by atoms with Crippen LogP contribution < -0.4 is 10.6 Å². The number of hydrogen-bond donors (Lipinski definition) is 2. The van der Waals surface area contributed by atoms with Gasteiger partial charge < -0.3 is 10.6 Å². The third-order valence-electron chi connectivity index (χ3n) is 4.76. The molecule has 2 aromatic carbocycles. The third kappa shape index (κ3) is 5.79. The number of nitrogens with zero attached hydrogens (tertiary/aromatic N) is 2. The van der Waals surface area contributed by atoms with Crippen LogP contribution in [0.15, 0.2) is 71.5 Å². The maximum Gasteiger partial charge on any atom is 0.251 e. The molecule has 0 aliphatic rings. The van der Waals surface area contributed by atoms with Gasteiger partial charge in [-0.15, -0.1) is 0 Å². The summed E-state index contributed by atoms with van der Waals surface area (Å²) in [5, 5.41) is 10.00. The lowest BCUT2D eigenvalue weighted by Crippen LogP contribution is -2.50. The van der Waals surface area contributed by atoms with Gasteiger partial charge in [-0.25, -0.2) is 4.68 Å². The van der Waals surface area contributed by atoms with Gasteiger partial charge in [-0.1, -0.05) is 41.9 Å². The topological polar surface area (TPSA) is 76.0 Å². The highest BCUT2D eigenvalue weighted by Crippen LogP contribution is 2.12. The predicted molar refractivity (Wildman–Crippen MR) is 121 cm³/mol. The first-order valence-electron chi connectivity index (χ1n) is 9.87. The molecule has 7 heteroatoms. The summed E-state index contributed by atoms with van der Waals surface area (Å²) >= 11 is 3.35. The first-order chi connectivity index (χ1) is 14.4. The summed E-state index contributed by atoms with van der Waals surface area (Å²) in [6.07, 6.45) is 4.34. The summed E-state index contributed by atoms with van der Waals surface area (Å²) in [5.41, 5.74) is 2.63. The van der Waals surface area contributed by atoms with Crippen LogP contribution in [0.4, 0.5) is 0 Å². The van der Waals surface area contributed by atoms with E-state index in [1.54, 1.807) is 35.1 Å². The van der Waals surface area contributed by atoms with E-state index < -0.39 is 6.04 Å². The smallest absolute Gasteiger partial charge is 0.251 e. The molecular formula is C23H25BrN4O2. The van der Waals surface area contributed by atoms with Gasteiger partial charge in [0.15, 0.2) is 0 Å². The Morgan fingerprint density at radius 3 is 2.37 bits per heavy atom. The van der Waals surface area contributed by atoms with Gasteiger partial charge in [-0.05, 0) is 60.4 Å². The van der Waals surface area contributed by atoms with Gasteiger partial charge in [-0.2, -0.15) is 5.10 Å². The van der Waals surface area contributed by atoms with Crippen LogP contribution in [0.25, 0.3) is 5.69 Å². The molecule has 0 aliphatic heterocycles. The van der Waals surface area contributed by atoms with Crippen molar-refractivity contribution in [3.63, 3.8) is 0 Å². The van der Waals surface area contributed by atoms with Gasteiger partial charge in [-0.3, -0.25) is 9.59 Å². The summed E-state index contributed by atoms with van der Waals surface area (Å²) in [6, 6.07) is 16.4. The number of aromatic nitrogens is 2. The molecule has 0 spiro atoms. The molecule has 0 saturated heterocycles. The van der Waals surface area contributed by atoms with Gasteiger partial charge in [0.05, 0.1) is 5.69 Å². The van der Waals surface area contributed by atoms with Crippen LogP contribution in [0.2, 0.25) is 0 Å². The van der Waals surface area contributed by atoms with Crippen LogP contribution in [0, 0.1) is 5.92 Å². The van der Waals surface area contributed by atoms with Crippen molar-refractivity contribution in [1.29, 1.82) is 0 Å². The lowest BCUT2D eigenvalue weighted by atomic mass is 10.0. The lowest BCUT2D eigenvalue weighted by molar-refractivity contribution is -0.123. The number of halogens is 1. The Bertz CT molecular complexity index is 967. The number of hydrogen-bond acceptors (Lipinski definition) is 3. The van der Waals surface area contributed by atoms with Crippen molar-refractivity contribution in [1.82, 2.24) is 20.4 Å². The second kappa shape index (κ2) is 10.2. The zero-order valence-corrected chi connectivity index (χ0v) is 18.6. The average Bonchev–Trinajstić information content (AvgIpc) is 3.27. The van der Waals surface area contributed by atoms with Crippen molar-refractivity contribution in [2.45, 2.75) is 26.3 Å². The van der Waals surface area contributed by atoms with Crippen molar-refractivity contribution in [2.75, 3.05) is 6.54 Å². The molecule has 2 N–H and O–H groups in total. The molecule has 1 atom stereocenters. The fraction of sp³-hybridized carbons (Fsp3) is 0.261. The molecule has 2 amide bonds. The van der Waals surface area contributed by atoms with Crippen LogP contribution in [0.1, 0.15) is 29.8 Å². The number of nitrogens with one attached hydrogen (secondary N) is 2. The Balaban J connectivity index is 1.52. The Kier molecular flexibility index (Phi) is 7.41. The van der Waals surface area contributed by atoms with Crippen molar-refractivity contribution < 1.29 is 9.59 Å². The van der Waals surface area contributed by atoms with Crippen LogP contribution in [0.3, 0.4) is 0 Å². The minimum Gasteiger partial charge on any atom is -0.354 e. The molecule has 6 nitrogen and oxygen atoms in total. The van der Waals surface area contributed by atoms with E-state index in [1.807, 2.05) is 50.4 Å². The van der Waals surface area contributed by atoms with Gasteiger partial charge in [0.25, 0.3) is 5.91 Å². The number of carbonyl (C=O) groups excluding carboxylic acids is 2. The molecule has 156 valence electrons. The molecule has 1 aromatic heterocycles. The molecule has 0 saturated carbocycles. The Hall–Kier alpha value is -2.93. The molecule has 0 aliphatic carbocycles. The van der Waals surface area contributed by atoms with Gasteiger partial charge in [0, 0.05) is 29.0 Å². The molecule has 0 bridgehead atoms. The molecule has 0 fully saturated rings. The van der Waals surface area contributed by atoms with Crippen molar-refractivity contribution in [2.24, 2.45) is 5.92 Å². The summed E-state index contributed by atoms with van der Waals surface area (Å²) < 4.78 is 2.70. The minimum atomic E-state index is -0.594. The SMILES string of the molecule is CC(C)C(NC(=O)c1ccc(Br)cc1)C(=O)NCCc1ccc(-n2cccn2)cc1. The lowest BCUT2D eigenvalue weighted by Gasteiger charge is -2.22. The van der Waals surface area contributed by atoms with E-state index in [0.717, 1.165) is 15.7 Å². The van der Waals surface area contributed by atoms with Crippen LogP contribution >= 0.6 is 15.9 Å². The summed E-state index contributed by atoms with van der Waals surface area (Å²) in [6.45, 7) is 4.33. The molecule has 0 radical (unpaired) electrons. The van der Waals surface area contributed by atoms with E-state index >= 15 is 0 Å². The highest BCUT2D eigenvalue weighted by Gasteiger charge is 2.24. The van der Waals surface area contributed by atoms with Gasteiger partial charge >= 0.3 is 0 Å². The van der Waals surface area contributed by atoms with E-state index in [2.05, 4.69) is 31.7 Å². The number of benzene rings is 2. The zero-order valence-electron chi connectivity index (χ0n) is 17.0. The molecule has 3 rings (SSSR count). The quantitative estimate of drug-likeness (QED) is 0.528. The Morgan fingerprint density at radius 2 is 1.77 bits per heavy atom. The molecule has 1 unspecified atom stereocenters. The average molecular weight is 469 g/mol. The standard InChI is InChI=1S/C23H25BrN4O2/c1-16(2)21(27-22(29)18-6-8-19(24)9-7-18)23(30)25-14-12-17-4-10-20(11-5-17)28-15-3-13-26-28/h3-11,13,15-16,21H,12,14H2,1-2H3,(H,25,30)(H,27,29). The van der Waals surface area contributed by atoms with E-state index in [-0.39, 0.29) is 17.7 Å². The number of rotatable bonds is 8. The molecule has 30 heavy (non-hydrogen) atoms. The van der Waals surface area contributed by atoms with Crippen molar-refractivity contribution in [3.05, 3.63) is 82.6 Å². The van der Waals surface area contributed by atoms with E-state index in [9.17, 15) is 9.59 Å². The van der Waals surface area contributed by atoms with E-state index in [0.29, 0.717) is 18.5 Å². The number of amides is 2. The maximum atomic E-state index is 12.7.